The minimum atomic E-state index is 0.502. The fraction of sp³-hybridized carbons (Fsp3) is 0. The first-order chi connectivity index (χ1) is 31.8. The normalized spacial score (nSPS) is 12.1. The van der Waals surface area contributed by atoms with Crippen LogP contribution in [-0.4, -0.2) is 24.1 Å². The van der Waals surface area contributed by atoms with Crippen molar-refractivity contribution in [3.63, 3.8) is 0 Å². The Bertz CT molecular complexity index is 4200. The van der Waals surface area contributed by atoms with Crippen LogP contribution in [0.15, 0.2) is 209 Å². The van der Waals surface area contributed by atoms with Crippen LogP contribution in [0.1, 0.15) is 0 Å². The smallest absolute Gasteiger partial charge is 0.238 e. The van der Waals surface area contributed by atoms with Crippen LogP contribution in [0.25, 0.3) is 133 Å². The van der Waals surface area contributed by atoms with Crippen molar-refractivity contribution >= 4 is 87.5 Å². The second-order valence-corrected chi connectivity index (χ2v) is 16.3. The summed E-state index contributed by atoms with van der Waals surface area (Å²) in [7, 11) is 0. The number of hydrogen-bond donors (Lipinski definition) is 0. The summed E-state index contributed by atoms with van der Waals surface area (Å²) in [6.45, 7) is 0. The average Bonchev–Trinajstić information content (AvgIpc) is 4.12. The van der Waals surface area contributed by atoms with E-state index in [1.54, 1.807) is 0 Å². The lowest BCUT2D eigenvalue weighted by Gasteiger charge is -2.13. The molecule has 0 atom stereocenters. The van der Waals surface area contributed by atoms with Gasteiger partial charge in [-0.15, -0.1) is 0 Å². The van der Waals surface area contributed by atoms with Crippen LogP contribution in [0.4, 0.5) is 0 Å². The zero-order valence-corrected chi connectivity index (χ0v) is 34.1. The summed E-state index contributed by atoms with van der Waals surface area (Å²) in [5, 5.41) is 8.62. The molecular weight excluding hydrogens is 787 g/mol. The average molecular weight is 820 g/mol. The minimum Gasteiger partial charge on any atom is -0.455 e. The number of nitrogens with zero attached hydrogens (tertiary/aromatic N) is 5. The number of para-hydroxylation sites is 5. The van der Waals surface area contributed by atoms with Crippen LogP contribution in [0.3, 0.4) is 0 Å². The van der Waals surface area contributed by atoms with Crippen molar-refractivity contribution in [2.75, 3.05) is 0 Å². The van der Waals surface area contributed by atoms with Gasteiger partial charge in [0.25, 0.3) is 0 Å². The van der Waals surface area contributed by atoms with Crippen molar-refractivity contribution in [2.24, 2.45) is 0 Å². The molecule has 298 valence electrons. The number of aromatic nitrogens is 5. The number of benzene rings is 9. The molecule has 9 aromatic carbocycles. The van der Waals surface area contributed by atoms with Crippen LogP contribution in [-0.2, 0) is 0 Å². The van der Waals surface area contributed by atoms with Crippen molar-refractivity contribution in [3.8, 4) is 45.5 Å². The Morgan fingerprint density at radius 1 is 0.328 bits per heavy atom. The second-order valence-electron chi connectivity index (χ2n) is 16.3. The van der Waals surface area contributed by atoms with Crippen LogP contribution < -0.4 is 0 Å². The molecule has 64 heavy (non-hydrogen) atoms. The van der Waals surface area contributed by atoms with E-state index >= 15 is 0 Å². The molecular formula is C57H33N5O2. The summed E-state index contributed by atoms with van der Waals surface area (Å²) in [5.74, 6) is 1.59. The maximum Gasteiger partial charge on any atom is 0.238 e. The SMILES string of the molecule is c1ccc(-c2nc(-c3cccc4c3oc3ccccc34)nc(-n3c4ccccc4c4ccc5c6ccccc6n(-c6cccc7c6oc6cccc(-c8ccccc8)c67)c5c43)n2)cc1. The maximum absolute atomic E-state index is 6.97. The molecule has 0 unspecified atom stereocenters. The van der Waals surface area contributed by atoms with E-state index in [4.69, 9.17) is 23.8 Å². The quantitative estimate of drug-likeness (QED) is 0.173. The van der Waals surface area contributed by atoms with Gasteiger partial charge in [0.15, 0.2) is 17.2 Å². The highest BCUT2D eigenvalue weighted by atomic mass is 16.3. The molecule has 0 amide bonds. The summed E-state index contributed by atoms with van der Waals surface area (Å²) in [6, 6.07) is 69.5. The number of fused-ring (bicyclic) bond motifs is 13. The number of rotatable bonds is 5. The summed E-state index contributed by atoms with van der Waals surface area (Å²) >= 11 is 0. The molecule has 0 fully saturated rings. The molecule has 0 aliphatic carbocycles. The van der Waals surface area contributed by atoms with Gasteiger partial charge in [0.05, 0.1) is 33.3 Å². The monoisotopic (exact) mass is 819 g/mol. The van der Waals surface area contributed by atoms with E-state index in [-0.39, 0.29) is 0 Å². The molecule has 5 heterocycles. The van der Waals surface area contributed by atoms with E-state index in [1.165, 1.54) is 0 Å². The summed E-state index contributed by atoms with van der Waals surface area (Å²) in [5.41, 5.74) is 12.2. The zero-order valence-electron chi connectivity index (χ0n) is 34.1. The summed E-state index contributed by atoms with van der Waals surface area (Å²) < 4.78 is 18.2. The van der Waals surface area contributed by atoms with Gasteiger partial charge in [-0.1, -0.05) is 164 Å². The van der Waals surface area contributed by atoms with E-state index in [0.29, 0.717) is 17.6 Å². The fourth-order valence-corrected chi connectivity index (χ4v) is 10.1. The number of hydrogen-bond acceptors (Lipinski definition) is 5. The summed E-state index contributed by atoms with van der Waals surface area (Å²) in [6.07, 6.45) is 0. The largest absolute Gasteiger partial charge is 0.455 e. The van der Waals surface area contributed by atoms with E-state index in [1.807, 2.05) is 54.6 Å². The Balaban J connectivity index is 1.12. The molecule has 0 saturated carbocycles. The molecule has 0 radical (unpaired) electrons. The van der Waals surface area contributed by atoms with Crippen LogP contribution in [0.5, 0.6) is 0 Å². The van der Waals surface area contributed by atoms with Gasteiger partial charge in [0, 0.05) is 48.7 Å². The Morgan fingerprint density at radius 2 is 0.875 bits per heavy atom. The predicted octanol–water partition coefficient (Wildman–Crippen LogP) is 14.9. The van der Waals surface area contributed by atoms with Crippen molar-refractivity contribution in [1.82, 2.24) is 24.1 Å². The van der Waals surface area contributed by atoms with Gasteiger partial charge in [-0.25, -0.2) is 4.98 Å². The molecule has 0 spiro atoms. The molecule has 14 rings (SSSR count). The predicted molar refractivity (Wildman–Crippen MR) is 259 cm³/mol. The molecule has 7 nitrogen and oxygen atoms in total. The lowest BCUT2D eigenvalue weighted by molar-refractivity contribution is 0.666. The standard InChI is InChI=1S/C57H33N5O2/c1-3-16-34(17-4-1)36-23-15-31-49-50(36)43-25-14-29-47(54(43)64-49)61-45-27-10-7-20-37(45)40-32-33-41-38-21-8-11-28-46(38)62(52(41)51(40)61)57-59-55(35-18-5-2-6-19-35)58-56(60-57)44-26-13-24-42-39-22-9-12-30-48(39)63-53(42)44/h1-33H. The Hall–Kier alpha value is -8.81. The molecule has 0 N–H and O–H groups in total. The fourth-order valence-electron chi connectivity index (χ4n) is 10.1. The number of furan rings is 2. The van der Waals surface area contributed by atoms with Gasteiger partial charge in [-0.2, -0.15) is 9.97 Å². The highest BCUT2D eigenvalue weighted by Crippen LogP contribution is 2.45. The lowest BCUT2D eigenvalue weighted by Crippen LogP contribution is -2.07. The third-order valence-electron chi connectivity index (χ3n) is 12.8. The Kier molecular flexibility index (Phi) is 7.27. The molecule has 0 aliphatic rings. The highest BCUT2D eigenvalue weighted by Gasteiger charge is 2.26. The van der Waals surface area contributed by atoms with Gasteiger partial charge in [-0.3, -0.25) is 4.57 Å². The third kappa shape index (κ3) is 4.94. The Labute approximate surface area is 364 Å². The van der Waals surface area contributed by atoms with Crippen LogP contribution in [0.2, 0.25) is 0 Å². The lowest BCUT2D eigenvalue weighted by atomic mass is 9.99. The van der Waals surface area contributed by atoms with Crippen molar-refractivity contribution in [1.29, 1.82) is 0 Å². The van der Waals surface area contributed by atoms with Crippen LogP contribution >= 0.6 is 0 Å². The van der Waals surface area contributed by atoms with Crippen molar-refractivity contribution in [2.45, 2.75) is 0 Å². The first-order valence-corrected chi connectivity index (χ1v) is 21.4. The minimum absolute atomic E-state index is 0.502. The first-order valence-electron chi connectivity index (χ1n) is 21.4. The van der Waals surface area contributed by atoms with Gasteiger partial charge < -0.3 is 13.4 Å². The molecule has 0 saturated heterocycles. The summed E-state index contributed by atoms with van der Waals surface area (Å²) in [4.78, 5) is 16.0. The van der Waals surface area contributed by atoms with Gasteiger partial charge in [0.1, 0.15) is 16.7 Å². The van der Waals surface area contributed by atoms with Crippen molar-refractivity contribution in [3.05, 3.63) is 200 Å². The molecule has 5 aromatic heterocycles. The van der Waals surface area contributed by atoms with Gasteiger partial charge >= 0.3 is 0 Å². The molecule has 0 bridgehead atoms. The first kappa shape index (κ1) is 34.9. The van der Waals surface area contributed by atoms with Crippen molar-refractivity contribution < 1.29 is 8.83 Å². The third-order valence-corrected chi connectivity index (χ3v) is 12.8. The van der Waals surface area contributed by atoms with Crippen LogP contribution in [0, 0.1) is 0 Å². The van der Waals surface area contributed by atoms with Gasteiger partial charge in [-0.05, 0) is 47.5 Å². The molecule has 14 aromatic rings. The molecule has 7 heteroatoms. The Morgan fingerprint density at radius 3 is 1.66 bits per heavy atom. The van der Waals surface area contributed by atoms with E-state index in [2.05, 4.69) is 155 Å². The highest BCUT2D eigenvalue weighted by molar-refractivity contribution is 6.24. The zero-order chi connectivity index (χ0) is 41.9. The van der Waals surface area contributed by atoms with Gasteiger partial charge in [0.2, 0.25) is 5.95 Å². The maximum atomic E-state index is 6.97. The topological polar surface area (TPSA) is 74.8 Å². The van der Waals surface area contributed by atoms with E-state index < -0.39 is 0 Å². The van der Waals surface area contributed by atoms with E-state index in [9.17, 15) is 0 Å². The second kappa shape index (κ2) is 13.3. The van der Waals surface area contributed by atoms with E-state index in [0.717, 1.165) is 115 Å². The molecule has 0 aliphatic heterocycles.